The number of carbonyl (C=O) groups is 2. The Morgan fingerprint density at radius 3 is 2.32 bits per heavy atom. The van der Waals surface area contributed by atoms with Crippen molar-refractivity contribution >= 4 is 11.9 Å². The van der Waals surface area contributed by atoms with Gasteiger partial charge < -0.3 is 10.1 Å². The largest absolute Gasteiger partial charge is 0.458 e. The van der Waals surface area contributed by atoms with Crippen LogP contribution in [-0.4, -0.2) is 23.5 Å². The minimum absolute atomic E-state index is 0.267. The Bertz CT molecular complexity index is 475. The van der Waals surface area contributed by atoms with E-state index in [0.717, 1.165) is 5.56 Å². The Morgan fingerprint density at radius 1 is 1.21 bits per heavy atom. The summed E-state index contributed by atoms with van der Waals surface area (Å²) in [5.74, 6) is -0.703. The van der Waals surface area contributed by atoms with Crippen LogP contribution in [0.25, 0.3) is 0 Å². The van der Waals surface area contributed by atoms with Gasteiger partial charge in [0.1, 0.15) is 11.6 Å². The Kier molecular flexibility index (Phi) is 4.70. The third kappa shape index (κ3) is 4.73. The van der Waals surface area contributed by atoms with Crippen LogP contribution in [-0.2, 0) is 9.53 Å². The Labute approximate surface area is 114 Å². The van der Waals surface area contributed by atoms with Crippen molar-refractivity contribution in [2.75, 3.05) is 0 Å². The molecule has 0 saturated carbocycles. The molecule has 0 bridgehead atoms. The van der Waals surface area contributed by atoms with Gasteiger partial charge in [0.2, 0.25) is 0 Å². The summed E-state index contributed by atoms with van der Waals surface area (Å²) in [5.41, 5.74) is 0.882. The number of aryl methyl sites for hydroxylation is 1. The summed E-state index contributed by atoms with van der Waals surface area (Å²) in [5, 5.41) is 2.65. The molecule has 0 unspecified atom stereocenters. The minimum atomic E-state index is -0.675. The fourth-order valence-electron chi connectivity index (χ4n) is 1.55. The highest BCUT2D eigenvalue weighted by molar-refractivity contribution is 5.97. The lowest BCUT2D eigenvalue weighted by Crippen LogP contribution is -2.42. The molecule has 1 atom stereocenters. The molecule has 0 aromatic heterocycles. The van der Waals surface area contributed by atoms with E-state index in [1.54, 1.807) is 39.8 Å². The second-order valence-corrected chi connectivity index (χ2v) is 5.54. The highest BCUT2D eigenvalue weighted by Gasteiger charge is 2.23. The quantitative estimate of drug-likeness (QED) is 0.852. The number of esters is 1. The zero-order valence-corrected chi connectivity index (χ0v) is 12.1. The van der Waals surface area contributed by atoms with Gasteiger partial charge in [-0.05, 0) is 46.2 Å². The van der Waals surface area contributed by atoms with Crippen LogP contribution >= 0.6 is 0 Å². The molecule has 0 spiro atoms. The zero-order valence-electron chi connectivity index (χ0n) is 12.1. The fraction of sp³-hybridized carbons (Fsp3) is 0.467. The van der Waals surface area contributed by atoms with Crippen LogP contribution in [0.1, 0.15) is 43.6 Å². The maximum absolute atomic E-state index is 12.0. The fourth-order valence-corrected chi connectivity index (χ4v) is 1.55. The first-order chi connectivity index (χ1) is 8.70. The number of benzene rings is 1. The lowest BCUT2D eigenvalue weighted by molar-refractivity contribution is -0.156. The molecule has 0 heterocycles. The summed E-state index contributed by atoms with van der Waals surface area (Å²) < 4.78 is 5.21. The first kappa shape index (κ1) is 15.2. The van der Waals surface area contributed by atoms with Crippen molar-refractivity contribution in [1.82, 2.24) is 5.32 Å². The van der Waals surface area contributed by atoms with Crippen molar-refractivity contribution < 1.29 is 14.3 Å². The maximum atomic E-state index is 12.0. The highest BCUT2D eigenvalue weighted by atomic mass is 16.6. The Balaban J connectivity index is 2.67. The summed E-state index contributed by atoms with van der Waals surface area (Å²) in [4.78, 5) is 23.8. The number of nitrogens with one attached hydrogen (secondary N) is 1. The normalized spacial score (nSPS) is 12.7. The minimum Gasteiger partial charge on any atom is -0.458 e. The number of ether oxygens (including phenoxy) is 1. The van der Waals surface area contributed by atoms with Crippen LogP contribution in [0.3, 0.4) is 0 Å². The summed E-state index contributed by atoms with van der Waals surface area (Å²) in [6, 6.07) is 6.56. The van der Waals surface area contributed by atoms with Crippen LogP contribution < -0.4 is 5.32 Å². The molecule has 104 valence electrons. The molecular formula is C15H21NO3. The van der Waals surface area contributed by atoms with Gasteiger partial charge in [0, 0.05) is 5.56 Å². The van der Waals surface area contributed by atoms with Gasteiger partial charge in [-0.15, -0.1) is 0 Å². The SMILES string of the molecule is Cc1ccccc1C(=O)N[C@H](C)C(=O)OC(C)(C)C. The van der Waals surface area contributed by atoms with E-state index in [0.29, 0.717) is 5.56 Å². The molecule has 1 N–H and O–H groups in total. The van der Waals surface area contributed by atoms with Crippen LogP contribution in [0.4, 0.5) is 0 Å². The average molecular weight is 263 g/mol. The molecule has 0 radical (unpaired) electrons. The van der Waals surface area contributed by atoms with Crippen molar-refractivity contribution in [3.8, 4) is 0 Å². The first-order valence-electron chi connectivity index (χ1n) is 6.30. The molecule has 1 rings (SSSR count). The molecule has 1 aromatic carbocycles. The van der Waals surface area contributed by atoms with Gasteiger partial charge in [0.25, 0.3) is 5.91 Å². The van der Waals surface area contributed by atoms with Crippen LogP contribution in [0.15, 0.2) is 24.3 Å². The van der Waals surface area contributed by atoms with Crippen molar-refractivity contribution in [2.45, 2.75) is 46.3 Å². The molecule has 4 nitrogen and oxygen atoms in total. The van der Waals surface area contributed by atoms with E-state index in [4.69, 9.17) is 4.74 Å². The zero-order chi connectivity index (χ0) is 14.6. The van der Waals surface area contributed by atoms with Crippen molar-refractivity contribution in [3.63, 3.8) is 0 Å². The summed E-state index contributed by atoms with van der Waals surface area (Å²) in [7, 11) is 0. The number of rotatable bonds is 3. The van der Waals surface area contributed by atoms with E-state index < -0.39 is 17.6 Å². The van der Waals surface area contributed by atoms with Crippen LogP contribution in [0.2, 0.25) is 0 Å². The van der Waals surface area contributed by atoms with E-state index in [-0.39, 0.29) is 5.91 Å². The lowest BCUT2D eigenvalue weighted by Gasteiger charge is -2.22. The van der Waals surface area contributed by atoms with Gasteiger partial charge in [-0.25, -0.2) is 4.79 Å². The molecular weight excluding hydrogens is 242 g/mol. The van der Waals surface area contributed by atoms with E-state index >= 15 is 0 Å². The predicted octanol–water partition coefficient (Wildman–Crippen LogP) is 2.46. The molecule has 0 aliphatic rings. The van der Waals surface area contributed by atoms with Gasteiger partial charge >= 0.3 is 5.97 Å². The number of amides is 1. The van der Waals surface area contributed by atoms with E-state index in [2.05, 4.69) is 5.32 Å². The third-order valence-electron chi connectivity index (χ3n) is 2.50. The average Bonchev–Trinajstić information content (AvgIpc) is 2.27. The van der Waals surface area contributed by atoms with Crippen LogP contribution in [0.5, 0.6) is 0 Å². The second kappa shape index (κ2) is 5.87. The Hall–Kier alpha value is -1.84. The predicted molar refractivity (Wildman–Crippen MR) is 74.0 cm³/mol. The number of hydrogen-bond donors (Lipinski definition) is 1. The standard InChI is InChI=1S/C15H21NO3/c1-10-8-6-7-9-12(10)13(17)16-11(2)14(18)19-15(3,4)5/h6-9,11H,1-5H3,(H,16,17)/t11-/m1/s1. The molecule has 0 aliphatic heterocycles. The molecule has 1 amide bonds. The lowest BCUT2D eigenvalue weighted by atomic mass is 10.1. The second-order valence-electron chi connectivity index (χ2n) is 5.54. The molecule has 1 aromatic rings. The van der Waals surface area contributed by atoms with E-state index in [1.165, 1.54) is 0 Å². The summed E-state index contributed by atoms with van der Waals surface area (Å²) in [6.45, 7) is 8.85. The van der Waals surface area contributed by atoms with Crippen LogP contribution in [0, 0.1) is 6.92 Å². The van der Waals surface area contributed by atoms with Crippen molar-refractivity contribution in [3.05, 3.63) is 35.4 Å². The third-order valence-corrected chi connectivity index (χ3v) is 2.50. The van der Waals surface area contributed by atoms with Gasteiger partial charge in [-0.1, -0.05) is 18.2 Å². The maximum Gasteiger partial charge on any atom is 0.328 e. The molecule has 19 heavy (non-hydrogen) atoms. The Morgan fingerprint density at radius 2 is 1.79 bits per heavy atom. The van der Waals surface area contributed by atoms with Crippen molar-refractivity contribution in [2.24, 2.45) is 0 Å². The summed E-state index contributed by atoms with van der Waals surface area (Å²) in [6.07, 6.45) is 0. The molecule has 4 heteroatoms. The number of hydrogen-bond acceptors (Lipinski definition) is 3. The van der Waals surface area contributed by atoms with Gasteiger partial charge in [0.05, 0.1) is 0 Å². The first-order valence-corrected chi connectivity index (χ1v) is 6.30. The molecule has 0 saturated heterocycles. The van der Waals surface area contributed by atoms with E-state index in [9.17, 15) is 9.59 Å². The van der Waals surface area contributed by atoms with Gasteiger partial charge in [-0.2, -0.15) is 0 Å². The summed E-state index contributed by atoms with van der Waals surface area (Å²) >= 11 is 0. The number of carbonyl (C=O) groups excluding carboxylic acids is 2. The van der Waals surface area contributed by atoms with Gasteiger partial charge in [0.15, 0.2) is 0 Å². The van der Waals surface area contributed by atoms with Gasteiger partial charge in [-0.3, -0.25) is 4.79 Å². The van der Waals surface area contributed by atoms with Crippen molar-refractivity contribution in [1.29, 1.82) is 0 Å². The molecule has 0 aliphatic carbocycles. The topological polar surface area (TPSA) is 55.4 Å². The highest BCUT2D eigenvalue weighted by Crippen LogP contribution is 2.10. The molecule has 0 fully saturated rings. The monoisotopic (exact) mass is 263 g/mol. The van der Waals surface area contributed by atoms with E-state index in [1.807, 2.05) is 19.1 Å². The smallest absolute Gasteiger partial charge is 0.328 e.